The third-order valence-electron chi connectivity index (χ3n) is 1.43. The van der Waals surface area contributed by atoms with Crippen molar-refractivity contribution in [3.05, 3.63) is 0 Å². The Labute approximate surface area is 67.3 Å². The number of halogens is 3. The fourth-order valence-corrected chi connectivity index (χ4v) is 0.862. The molecule has 0 aliphatic carbocycles. The Balaban J connectivity index is 2.61. The molecule has 0 spiro atoms. The molecule has 5 heteroatoms. The molecule has 0 saturated heterocycles. The van der Waals surface area contributed by atoms with Gasteiger partial charge in [0.15, 0.2) is 0 Å². The van der Waals surface area contributed by atoms with E-state index in [2.05, 4.69) is 11.8 Å². The van der Waals surface area contributed by atoms with E-state index in [1.165, 1.54) is 0 Å². The molecule has 1 heterocycles. The molecule has 0 N–H and O–H groups in total. The molecule has 0 aromatic carbocycles. The van der Waals surface area contributed by atoms with Crippen molar-refractivity contribution < 1.29 is 18.0 Å². The molecular weight excluding hydrogens is 171 g/mol. The fourth-order valence-electron chi connectivity index (χ4n) is 0.862. The minimum Gasteiger partial charge on any atom is -0.323 e. The number of amides is 1. The van der Waals surface area contributed by atoms with E-state index in [4.69, 9.17) is 0 Å². The van der Waals surface area contributed by atoms with Gasteiger partial charge in [0.1, 0.15) is 0 Å². The van der Waals surface area contributed by atoms with Crippen LogP contribution in [0.3, 0.4) is 0 Å². The molecule has 1 aliphatic heterocycles. The summed E-state index contributed by atoms with van der Waals surface area (Å²) >= 11 is 0. The maximum atomic E-state index is 11.8. The molecule has 66 valence electrons. The van der Waals surface area contributed by atoms with Crippen LogP contribution in [-0.2, 0) is 4.79 Å². The van der Waals surface area contributed by atoms with Crippen LogP contribution in [0.15, 0.2) is 0 Å². The van der Waals surface area contributed by atoms with E-state index in [1.807, 2.05) is 0 Å². The van der Waals surface area contributed by atoms with Crippen molar-refractivity contribution in [2.45, 2.75) is 12.6 Å². The first-order valence-electron chi connectivity index (χ1n) is 3.33. The van der Waals surface area contributed by atoms with E-state index >= 15 is 0 Å². The van der Waals surface area contributed by atoms with Crippen LogP contribution in [-0.4, -0.2) is 30.1 Å². The Morgan fingerprint density at radius 2 is 2.00 bits per heavy atom. The molecule has 0 radical (unpaired) electrons. The number of nitrogens with zero attached hydrogens (tertiary/aromatic N) is 1. The Kier molecular flexibility index (Phi) is 2.27. The van der Waals surface area contributed by atoms with Gasteiger partial charge in [-0.05, 0) is 0 Å². The summed E-state index contributed by atoms with van der Waals surface area (Å²) in [5, 5.41) is 0. The first-order valence-corrected chi connectivity index (χ1v) is 3.33. The Morgan fingerprint density at radius 1 is 1.33 bits per heavy atom. The lowest BCUT2D eigenvalue weighted by molar-refractivity contribution is -0.184. The van der Waals surface area contributed by atoms with Gasteiger partial charge < -0.3 is 4.90 Å². The highest BCUT2D eigenvalue weighted by atomic mass is 19.4. The lowest BCUT2D eigenvalue weighted by Crippen LogP contribution is -2.42. The van der Waals surface area contributed by atoms with Crippen molar-refractivity contribution in [1.82, 2.24) is 4.90 Å². The predicted molar refractivity (Wildman–Crippen MR) is 35.0 cm³/mol. The lowest BCUT2D eigenvalue weighted by Gasteiger charge is -2.22. The highest BCUT2D eigenvalue weighted by molar-refractivity contribution is 5.82. The molecule has 0 aromatic rings. The zero-order valence-electron chi connectivity index (χ0n) is 6.11. The van der Waals surface area contributed by atoms with Crippen molar-refractivity contribution >= 4 is 5.91 Å². The van der Waals surface area contributed by atoms with Gasteiger partial charge in [0, 0.05) is 13.0 Å². The maximum Gasteiger partial charge on any atom is 0.471 e. The standard InChI is InChI=1S/C7H6F3NO/c8-7(9,10)6(12)11-4-2-1-3-5-11/h2,4-5H2. The number of rotatable bonds is 0. The number of hydrogen-bond donors (Lipinski definition) is 0. The highest BCUT2D eigenvalue weighted by Crippen LogP contribution is 2.18. The van der Waals surface area contributed by atoms with Crippen LogP contribution in [0.4, 0.5) is 13.2 Å². The van der Waals surface area contributed by atoms with E-state index < -0.39 is 12.1 Å². The van der Waals surface area contributed by atoms with Crippen LogP contribution >= 0.6 is 0 Å². The molecule has 0 atom stereocenters. The van der Waals surface area contributed by atoms with Crippen LogP contribution in [0.1, 0.15) is 6.42 Å². The molecular formula is C7H6F3NO. The average Bonchev–Trinajstić information content (AvgIpc) is 2.03. The molecule has 0 saturated carbocycles. The van der Waals surface area contributed by atoms with Crippen molar-refractivity contribution in [1.29, 1.82) is 0 Å². The minimum absolute atomic E-state index is 0.0747. The number of carbonyl (C=O) groups is 1. The molecule has 1 amide bonds. The summed E-state index contributed by atoms with van der Waals surface area (Å²) in [5.41, 5.74) is 0. The Bertz CT molecular complexity index is 248. The Hall–Kier alpha value is -1.18. The average molecular weight is 177 g/mol. The third kappa shape index (κ3) is 1.91. The predicted octanol–water partition coefficient (Wildman–Crippen LogP) is 0.784. The monoisotopic (exact) mass is 177 g/mol. The van der Waals surface area contributed by atoms with Gasteiger partial charge in [-0.1, -0.05) is 11.8 Å². The van der Waals surface area contributed by atoms with Crippen molar-refractivity contribution in [2.75, 3.05) is 13.1 Å². The molecule has 1 rings (SSSR count). The van der Waals surface area contributed by atoms with Gasteiger partial charge in [0.05, 0.1) is 6.54 Å². The van der Waals surface area contributed by atoms with Gasteiger partial charge in [-0.3, -0.25) is 4.79 Å². The number of carbonyl (C=O) groups excluding carboxylic acids is 1. The molecule has 0 bridgehead atoms. The van der Waals surface area contributed by atoms with Gasteiger partial charge in [0.25, 0.3) is 0 Å². The minimum atomic E-state index is -4.76. The quantitative estimate of drug-likeness (QED) is 0.501. The SMILES string of the molecule is O=C(N1CC#CCC1)C(F)(F)F. The number of hydrogen-bond acceptors (Lipinski definition) is 1. The number of alkyl halides is 3. The van der Waals surface area contributed by atoms with Crippen LogP contribution < -0.4 is 0 Å². The lowest BCUT2D eigenvalue weighted by atomic mass is 10.3. The molecule has 1 aliphatic rings. The zero-order valence-corrected chi connectivity index (χ0v) is 6.11. The largest absolute Gasteiger partial charge is 0.471 e. The van der Waals surface area contributed by atoms with E-state index in [-0.39, 0.29) is 13.1 Å². The third-order valence-corrected chi connectivity index (χ3v) is 1.43. The van der Waals surface area contributed by atoms with Crippen LogP contribution in [0.25, 0.3) is 0 Å². The van der Waals surface area contributed by atoms with E-state index in [9.17, 15) is 18.0 Å². The van der Waals surface area contributed by atoms with E-state index in [1.54, 1.807) is 0 Å². The summed E-state index contributed by atoms with van der Waals surface area (Å²) in [6.07, 6.45) is -4.44. The molecule has 0 aromatic heterocycles. The van der Waals surface area contributed by atoms with Crippen LogP contribution in [0, 0.1) is 11.8 Å². The smallest absolute Gasteiger partial charge is 0.323 e. The van der Waals surface area contributed by atoms with E-state index in [0.717, 1.165) is 0 Å². The topological polar surface area (TPSA) is 20.3 Å². The van der Waals surface area contributed by atoms with Gasteiger partial charge in [-0.25, -0.2) is 0 Å². The Morgan fingerprint density at radius 3 is 2.42 bits per heavy atom. The van der Waals surface area contributed by atoms with Crippen LogP contribution in [0.5, 0.6) is 0 Å². The first kappa shape index (κ1) is 8.91. The summed E-state index contributed by atoms with van der Waals surface area (Å²) in [6, 6.07) is 0. The molecule has 12 heavy (non-hydrogen) atoms. The van der Waals surface area contributed by atoms with Crippen molar-refractivity contribution in [3.8, 4) is 11.8 Å². The summed E-state index contributed by atoms with van der Waals surface area (Å²) < 4.78 is 35.4. The summed E-state index contributed by atoms with van der Waals surface area (Å²) in [4.78, 5) is 11.3. The second-order valence-corrected chi connectivity index (χ2v) is 2.33. The summed E-state index contributed by atoms with van der Waals surface area (Å²) in [7, 11) is 0. The van der Waals surface area contributed by atoms with Gasteiger partial charge in [0.2, 0.25) is 0 Å². The van der Waals surface area contributed by atoms with E-state index in [0.29, 0.717) is 11.3 Å². The second kappa shape index (κ2) is 3.05. The summed E-state index contributed by atoms with van der Waals surface area (Å²) in [6.45, 7) is -0.0380. The van der Waals surface area contributed by atoms with Crippen molar-refractivity contribution in [3.63, 3.8) is 0 Å². The molecule has 0 unspecified atom stereocenters. The second-order valence-electron chi connectivity index (χ2n) is 2.33. The van der Waals surface area contributed by atoms with Gasteiger partial charge >= 0.3 is 12.1 Å². The fraction of sp³-hybridized carbons (Fsp3) is 0.571. The first-order chi connectivity index (χ1) is 5.52. The van der Waals surface area contributed by atoms with Gasteiger partial charge in [-0.2, -0.15) is 13.2 Å². The summed E-state index contributed by atoms with van der Waals surface area (Å²) in [5.74, 6) is 3.26. The molecule has 2 nitrogen and oxygen atoms in total. The van der Waals surface area contributed by atoms with Gasteiger partial charge in [-0.15, -0.1) is 0 Å². The van der Waals surface area contributed by atoms with Crippen LogP contribution in [0.2, 0.25) is 0 Å². The van der Waals surface area contributed by atoms with Crippen molar-refractivity contribution in [2.24, 2.45) is 0 Å². The normalized spacial score (nSPS) is 16.8. The molecule has 0 fully saturated rings. The zero-order chi connectivity index (χ0) is 9.19. The maximum absolute atomic E-state index is 11.8. The highest BCUT2D eigenvalue weighted by Gasteiger charge is 2.42.